The fourth-order valence-corrected chi connectivity index (χ4v) is 5.08. The Bertz CT molecular complexity index is 1720. The van der Waals surface area contributed by atoms with Gasteiger partial charge < -0.3 is 19.6 Å². The van der Waals surface area contributed by atoms with Gasteiger partial charge in [-0.15, -0.1) is 0 Å². The van der Waals surface area contributed by atoms with E-state index in [-0.39, 0.29) is 13.0 Å². The molecule has 42 heavy (non-hydrogen) atoms. The van der Waals surface area contributed by atoms with Crippen molar-refractivity contribution in [1.82, 2.24) is 25.3 Å². The SMILES string of the molecule is Cc1c(/C=N\NC(=O)[C@@H](Cc2cnc[nH]2)NC(=O)OCc2ccccc2)c2ccccc2n1Cc1ccc(Cl)cc1Cl. The normalized spacial score (nSPS) is 12.0. The third kappa shape index (κ3) is 6.99. The number of rotatable bonds is 10. The highest BCUT2D eigenvalue weighted by Gasteiger charge is 2.23. The molecular weight excluding hydrogens is 575 g/mol. The molecule has 3 aromatic carbocycles. The molecule has 0 aliphatic rings. The second-order valence-corrected chi connectivity index (χ2v) is 10.5. The highest BCUT2D eigenvalue weighted by atomic mass is 35.5. The molecule has 0 aliphatic carbocycles. The van der Waals surface area contributed by atoms with Gasteiger partial charge in [0.15, 0.2) is 0 Å². The number of alkyl carbamates (subject to hydrolysis) is 1. The molecule has 1 atom stereocenters. The van der Waals surface area contributed by atoms with Crippen LogP contribution < -0.4 is 10.7 Å². The molecule has 0 aliphatic heterocycles. The van der Waals surface area contributed by atoms with Crippen molar-refractivity contribution in [3.05, 3.63) is 123 Å². The van der Waals surface area contributed by atoms with Gasteiger partial charge in [-0.05, 0) is 36.2 Å². The number of hydrazone groups is 1. The van der Waals surface area contributed by atoms with Gasteiger partial charge in [-0.3, -0.25) is 4.79 Å². The Kier molecular flexibility index (Phi) is 9.21. The van der Waals surface area contributed by atoms with Crippen LogP contribution in [0.25, 0.3) is 10.9 Å². The molecule has 5 rings (SSSR count). The second kappa shape index (κ2) is 13.4. The van der Waals surface area contributed by atoms with Crippen molar-refractivity contribution >= 4 is 52.3 Å². The number of hydrogen-bond acceptors (Lipinski definition) is 5. The number of ether oxygens (including phenoxy) is 1. The number of carbonyl (C=O) groups is 2. The number of aromatic amines is 1. The molecule has 5 aromatic rings. The summed E-state index contributed by atoms with van der Waals surface area (Å²) in [6, 6.07) is 21.7. The maximum absolute atomic E-state index is 13.2. The molecule has 0 spiro atoms. The van der Waals surface area contributed by atoms with Gasteiger partial charge in [-0.25, -0.2) is 15.2 Å². The maximum Gasteiger partial charge on any atom is 0.408 e. The van der Waals surface area contributed by atoms with Gasteiger partial charge in [0.1, 0.15) is 12.6 Å². The van der Waals surface area contributed by atoms with E-state index in [2.05, 4.69) is 30.4 Å². The van der Waals surface area contributed by atoms with Crippen LogP contribution in [0.15, 0.2) is 90.4 Å². The molecule has 11 heteroatoms. The zero-order valence-corrected chi connectivity index (χ0v) is 24.2. The molecule has 2 aromatic heterocycles. The zero-order valence-electron chi connectivity index (χ0n) is 22.7. The van der Waals surface area contributed by atoms with Gasteiger partial charge in [-0.1, -0.05) is 77.8 Å². The topological polar surface area (TPSA) is 113 Å². The van der Waals surface area contributed by atoms with Crippen LogP contribution in [-0.4, -0.2) is 38.8 Å². The highest BCUT2D eigenvalue weighted by molar-refractivity contribution is 6.35. The molecule has 214 valence electrons. The largest absolute Gasteiger partial charge is 0.445 e. The van der Waals surface area contributed by atoms with Gasteiger partial charge in [0, 0.05) is 57.1 Å². The first-order chi connectivity index (χ1) is 20.4. The van der Waals surface area contributed by atoms with Crippen LogP contribution in [-0.2, 0) is 29.1 Å². The predicted molar refractivity (Wildman–Crippen MR) is 164 cm³/mol. The molecule has 0 radical (unpaired) electrons. The minimum Gasteiger partial charge on any atom is -0.445 e. The first-order valence-electron chi connectivity index (χ1n) is 13.2. The summed E-state index contributed by atoms with van der Waals surface area (Å²) in [7, 11) is 0. The first kappa shape index (κ1) is 28.9. The van der Waals surface area contributed by atoms with Gasteiger partial charge in [-0.2, -0.15) is 5.10 Å². The van der Waals surface area contributed by atoms with E-state index in [9.17, 15) is 9.59 Å². The summed E-state index contributed by atoms with van der Waals surface area (Å²) in [4.78, 5) is 32.7. The molecule has 0 saturated carbocycles. The average Bonchev–Trinajstić information content (AvgIpc) is 3.60. The summed E-state index contributed by atoms with van der Waals surface area (Å²) in [6.45, 7) is 2.59. The lowest BCUT2D eigenvalue weighted by Crippen LogP contribution is -2.47. The van der Waals surface area contributed by atoms with Crippen LogP contribution in [0.5, 0.6) is 0 Å². The minimum atomic E-state index is -0.958. The average molecular weight is 604 g/mol. The number of benzene rings is 3. The van der Waals surface area contributed by atoms with Crippen LogP contribution in [0.3, 0.4) is 0 Å². The van der Waals surface area contributed by atoms with Crippen LogP contribution in [0.2, 0.25) is 10.0 Å². The Balaban J connectivity index is 1.31. The third-order valence-corrected chi connectivity index (χ3v) is 7.38. The number of amides is 2. The van der Waals surface area contributed by atoms with E-state index in [1.54, 1.807) is 18.5 Å². The molecule has 0 saturated heterocycles. The molecule has 0 bridgehead atoms. The Morgan fingerprint density at radius 2 is 1.88 bits per heavy atom. The number of halogens is 2. The van der Waals surface area contributed by atoms with Crippen LogP contribution in [0.1, 0.15) is 28.1 Å². The minimum absolute atomic E-state index is 0.0772. The van der Waals surface area contributed by atoms with E-state index < -0.39 is 18.0 Å². The number of nitrogens with one attached hydrogen (secondary N) is 3. The number of H-pyrrole nitrogens is 1. The molecule has 0 unspecified atom stereocenters. The summed E-state index contributed by atoms with van der Waals surface area (Å²) in [5.74, 6) is -0.508. The fraction of sp³-hybridized carbons (Fsp3) is 0.161. The Morgan fingerprint density at radius 1 is 1.10 bits per heavy atom. The second-order valence-electron chi connectivity index (χ2n) is 9.61. The van der Waals surface area contributed by atoms with Crippen molar-refractivity contribution in [2.45, 2.75) is 32.5 Å². The fourth-order valence-electron chi connectivity index (χ4n) is 4.62. The van der Waals surface area contributed by atoms with E-state index in [4.69, 9.17) is 27.9 Å². The smallest absolute Gasteiger partial charge is 0.408 e. The third-order valence-electron chi connectivity index (χ3n) is 6.79. The van der Waals surface area contributed by atoms with E-state index >= 15 is 0 Å². The summed E-state index contributed by atoms with van der Waals surface area (Å²) in [5, 5.41) is 9.01. The van der Waals surface area contributed by atoms with E-state index in [1.165, 1.54) is 6.33 Å². The van der Waals surface area contributed by atoms with Gasteiger partial charge in [0.2, 0.25) is 0 Å². The summed E-state index contributed by atoms with van der Waals surface area (Å²) < 4.78 is 7.46. The number of hydrogen-bond donors (Lipinski definition) is 3. The van der Waals surface area contributed by atoms with E-state index in [0.717, 1.165) is 33.3 Å². The predicted octanol–water partition coefficient (Wildman–Crippen LogP) is 6.02. The van der Waals surface area contributed by atoms with Crippen molar-refractivity contribution in [2.24, 2.45) is 5.10 Å². The molecule has 2 amide bonds. The van der Waals surface area contributed by atoms with Crippen molar-refractivity contribution in [2.75, 3.05) is 0 Å². The number of para-hydroxylation sites is 1. The van der Waals surface area contributed by atoms with Gasteiger partial charge in [0.25, 0.3) is 5.91 Å². The van der Waals surface area contributed by atoms with Crippen molar-refractivity contribution < 1.29 is 14.3 Å². The Hall–Kier alpha value is -4.60. The number of fused-ring (bicyclic) bond motifs is 1. The summed E-state index contributed by atoms with van der Waals surface area (Å²) in [6.07, 6.45) is 4.15. The first-order valence-corrected chi connectivity index (χ1v) is 13.9. The lowest BCUT2D eigenvalue weighted by atomic mass is 10.1. The molecule has 2 heterocycles. The Morgan fingerprint density at radius 3 is 2.64 bits per heavy atom. The van der Waals surface area contributed by atoms with E-state index in [0.29, 0.717) is 22.3 Å². The van der Waals surface area contributed by atoms with Crippen LogP contribution >= 0.6 is 23.2 Å². The Labute approximate surface area is 252 Å². The van der Waals surface area contributed by atoms with Gasteiger partial charge in [0.05, 0.1) is 12.5 Å². The van der Waals surface area contributed by atoms with Crippen molar-refractivity contribution in [1.29, 1.82) is 0 Å². The van der Waals surface area contributed by atoms with Crippen molar-refractivity contribution in [3.63, 3.8) is 0 Å². The van der Waals surface area contributed by atoms with Gasteiger partial charge >= 0.3 is 6.09 Å². The number of carbonyl (C=O) groups excluding carboxylic acids is 2. The standard InChI is InChI=1S/C31H28Cl2N6O3/c1-20-26(25-9-5-6-10-29(25)39(20)17-22-11-12-23(32)13-27(22)33)16-36-38-30(40)28(14-24-15-34-19-35-24)37-31(41)42-18-21-7-3-2-4-8-21/h2-13,15-16,19,28H,14,17-18H2,1H3,(H,34,35)(H,37,41)(H,38,40)/b36-16-/t28-/m1/s1. The maximum atomic E-state index is 13.2. The molecular formula is C31H28Cl2N6O3. The monoisotopic (exact) mass is 602 g/mol. The number of aromatic nitrogens is 3. The number of imidazole rings is 1. The summed E-state index contributed by atoms with van der Waals surface area (Å²) >= 11 is 12.5. The molecule has 9 nitrogen and oxygen atoms in total. The van der Waals surface area contributed by atoms with Crippen molar-refractivity contribution in [3.8, 4) is 0 Å². The lowest BCUT2D eigenvalue weighted by molar-refractivity contribution is -0.123. The molecule has 0 fully saturated rings. The summed E-state index contributed by atoms with van der Waals surface area (Å²) in [5.41, 5.74) is 7.78. The van der Waals surface area contributed by atoms with E-state index in [1.807, 2.05) is 73.7 Å². The van der Waals surface area contributed by atoms with Crippen LogP contribution in [0, 0.1) is 6.92 Å². The zero-order chi connectivity index (χ0) is 29.5. The lowest BCUT2D eigenvalue weighted by Gasteiger charge is -2.16. The van der Waals surface area contributed by atoms with Crippen LogP contribution in [0.4, 0.5) is 4.79 Å². The highest BCUT2D eigenvalue weighted by Crippen LogP contribution is 2.28. The molecule has 3 N–H and O–H groups in total. The number of nitrogens with zero attached hydrogens (tertiary/aromatic N) is 3. The quantitative estimate of drug-likeness (QED) is 0.134.